The first-order valence-corrected chi connectivity index (χ1v) is 5.96. The maximum absolute atomic E-state index is 5.54. The van der Waals surface area contributed by atoms with E-state index < -0.39 is 0 Å². The minimum Gasteiger partial charge on any atom is -0.496 e. The van der Waals surface area contributed by atoms with Crippen LogP contribution in [0.3, 0.4) is 0 Å². The molecule has 0 radical (unpaired) electrons. The second kappa shape index (κ2) is 4.48. The Morgan fingerprint density at radius 2 is 1.69 bits per heavy atom. The van der Waals surface area contributed by atoms with Crippen molar-refractivity contribution in [1.29, 1.82) is 0 Å². The molecule has 90 valence electrons. The largest absolute Gasteiger partial charge is 0.496 e. The second-order valence-corrected chi connectivity index (χ2v) is 5.82. The first-order chi connectivity index (χ1) is 7.27. The maximum Gasteiger partial charge on any atom is 0.123 e. The number of aryl methyl sites for hydroxylation is 1. The highest BCUT2D eigenvalue weighted by molar-refractivity contribution is 5.47. The molecule has 0 aliphatic carbocycles. The standard InChI is InChI=1S/C15H24O/c1-10(2)12-8-11(3)14(15(4,5)6)13(9-12)16-7/h8-10H,1-7H3. The summed E-state index contributed by atoms with van der Waals surface area (Å²) in [6.07, 6.45) is 0. The van der Waals surface area contributed by atoms with Crippen molar-refractivity contribution in [3.05, 3.63) is 28.8 Å². The zero-order chi connectivity index (χ0) is 12.5. The van der Waals surface area contributed by atoms with Gasteiger partial charge in [-0.15, -0.1) is 0 Å². The Morgan fingerprint density at radius 3 is 2.06 bits per heavy atom. The van der Waals surface area contributed by atoms with Gasteiger partial charge in [-0.1, -0.05) is 40.7 Å². The van der Waals surface area contributed by atoms with E-state index in [2.05, 4.69) is 53.7 Å². The average Bonchev–Trinajstić information content (AvgIpc) is 2.14. The van der Waals surface area contributed by atoms with E-state index in [1.807, 2.05) is 0 Å². The summed E-state index contributed by atoms with van der Waals surface area (Å²) in [5, 5.41) is 0. The highest BCUT2D eigenvalue weighted by atomic mass is 16.5. The molecule has 0 fully saturated rings. The number of hydrogen-bond acceptors (Lipinski definition) is 1. The SMILES string of the molecule is COc1cc(C(C)C)cc(C)c1C(C)(C)C. The third-order valence-corrected chi connectivity index (χ3v) is 2.96. The van der Waals surface area contributed by atoms with Crippen LogP contribution in [0.4, 0.5) is 0 Å². The molecule has 1 aromatic carbocycles. The van der Waals surface area contributed by atoms with Gasteiger partial charge in [-0.25, -0.2) is 0 Å². The second-order valence-electron chi connectivity index (χ2n) is 5.82. The van der Waals surface area contributed by atoms with E-state index in [4.69, 9.17) is 4.74 Å². The average molecular weight is 220 g/mol. The smallest absolute Gasteiger partial charge is 0.123 e. The van der Waals surface area contributed by atoms with Crippen molar-refractivity contribution in [2.75, 3.05) is 7.11 Å². The number of hydrogen-bond donors (Lipinski definition) is 0. The topological polar surface area (TPSA) is 9.23 Å². The van der Waals surface area contributed by atoms with Crippen LogP contribution in [0.25, 0.3) is 0 Å². The van der Waals surface area contributed by atoms with Gasteiger partial charge < -0.3 is 4.74 Å². The monoisotopic (exact) mass is 220 g/mol. The Morgan fingerprint density at radius 1 is 1.12 bits per heavy atom. The molecule has 0 N–H and O–H groups in total. The fraction of sp³-hybridized carbons (Fsp3) is 0.600. The van der Waals surface area contributed by atoms with E-state index >= 15 is 0 Å². The lowest BCUT2D eigenvalue weighted by Crippen LogP contribution is -2.15. The van der Waals surface area contributed by atoms with Gasteiger partial charge in [0, 0.05) is 5.56 Å². The molecule has 0 heterocycles. The van der Waals surface area contributed by atoms with E-state index in [0.717, 1.165) is 5.75 Å². The zero-order valence-corrected chi connectivity index (χ0v) is 11.6. The van der Waals surface area contributed by atoms with Gasteiger partial charge in [0.25, 0.3) is 0 Å². The first kappa shape index (κ1) is 13.1. The highest BCUT2D eigenvalue weighted by Crippen LogP contribution is 2.36. The van der Waals surface area contributed by atoms with Crippen molar-refractivity contribution < 1.29 is 4.74 Å². The first-order valence-electron chi connectivity index (χ1n) is 5.96. The van der Waals surface area contributed by atoms with E-state index in [1.165, 1.54) is 16.7 Å². The summed E-state index contributed by atoms with van der Waals surface area (Å²) in [4.78, 5) is 0. The molecule has 1 nitrogen and oxygen atoms in total. The summed E-state index contributed by atoms with van der Waals surface area (Å²) in [5.41, 5.74) is 4.13. The molecule has 0 saturated heterocycles. The lowest BCUT2D eigenvalue weighted by Gasteiger charge is -2.25. The molecule has 0 aliphatic heterocycles. The lowest BCUT2D eigenvalue weighted by molar-refractivity contribution is 0.396. The Labute approximate surface area is 99.8 Å². The number of ether oxygens (including phenoxy) is 1. The molecular weight excluding hydrogens is 196 g/mol. The molecule has 0 atom stereocenters. The van der Waals surface area contributed by atoms with Gasteiger partial charge in [-0.2, -0.15) is 0 Å². The van der Waals surface area contributed by atoms with Crippen molar-refractivity contribution in [2.45, 2.75) is 52.9 Å². The number of rotatable bonds is 2. The van der Waals surface area contributed by atoms with Crippen LogP contribution in [-0.2, 0) is 5.41 Å². The van der Waals surface area contributed by atoms with Crippen LogP contribution in [0.2, 0.25) is 0 Å². The van der Waals surface area contributed by atoms with Crippen LogP contribution in [-0.4, -0.2) is 7.11 Å². The summed E-state index contributed by atoms with van der Waals surface area (Å²) < 4.78 is 5.54. The number of methoxy groups -OCH3 is 1. The van der Waals surface area contributed by atoms with Crippen LogP contribution < -0.4 is 4.74 Å². The van der Waals surface area contributed by atoms with Crippen molar-refractivity contribution in [3.8, 4) is 5.75 Å². The van der Waals surface area contributed by atoms with Crippen LogP contribution in [0.15, 0.2) is 12.1 Å². The molecule has 16 heavy (non-hydrogen) atoms. The summed E-state index contributed by atoms with van der Waals surface area (Å²) in [5.74, 6) is 1.57. The predicted octanol–water partition coefficient (Wildman–Crippen LogP) is 4.42. The Kier molecular flexibility index (Phi) is 3.67. The van der Waals surface area contributed by atoms with E-state index in [-0.39, 0.29) is 5.41 Å². The van der Waals surface area contributed by atoms with Crippen molar-refractivity contribution in [3.63, 3.8) is 0 Å². The van der Waals surface area contributed by atoms with Gasteiger partial charge in [0.1, 0.15) is 5.75 Å². The van der Waals surface area contributed by atoms with E-state index in [0.29, 0.717) is 5.92 Å². The lowest BCUT2D eigenvalue weighted by atomic mass is 9.82. The molecule has 0 bridgehead atoms. The zero-order valence-electron chi connectivity index (χ0n) is 11.6. The molecule has 0 unspecified atom stereocenters. The maximum atomic E-state index is 5.54. The Hall–Kier alpha value is -0.980. The molecule has 1 heteroatoms. The fourth-order valence-corrected chi connectivity index (χ4v) is 2.24. The molecule has 0 amide bonds. The molecular formula is C15H24O. The summed E-state index contributed by atoms with van der Waals surface area (Å²) in [6.45, 7) is 13.3. The van der Waals surface area contributed by atoms with Crippen LogP contribution in [0.1, 0.15) is 57.2 Å². The van der Waals surface area contributed by atoms with E-state index in [9.17, 15) is 0 Å². The third-order valence-electron chi connectivity index (χ3n) is 2.96. The predicted molar refractivity (Wildman–Crippen MR) is 70.5 cm³/mol. The molecule has 1 aromatic rings. The third kappa shape index (κ3) is 2.58. The Balaban J connectivity index is 3.41. The number of benzene rings is 1. The molecule has 0 saturated carbocycles. The van der Waals surface area contributed by atoms with Crippen LogP contribution in [0, 0.1) is 6.92 Å². The molecule has 0 spiro atoms. The van der Waals surface area contributed by atoms with E-state index in [1.54, 1.807) is 7.11 Å². The normalized spacial score (nSPS) is 12.0. The van der Waals surface area contributed by atoms with Gasteiger partial charge in [0.15, 0.2) is 0 Å². The summed E-state index contributed by atoms with van der Waals surface area (Å²) in [6, 6.07) is 4.46. The van der Waals surface area contributed by atoms with Gasteiger partial charge in [-0.3, -0.25) is 0 Å². The van der Waals surface area contributed by atoms with Gasteiger partial charge in [0.2, 0.25) is 0 Å². The fourth-order valence-electron chi connectivity index (χ4n) is 2.24. The Bertz CT molecular complexity index is 370. The van der Waals surface area contributed by atoms with Gasteiger partial charge in [-0.05, 0) is 35.4 Å². The van der Waals surface area contributed by atoms with Gasteiger partial charge >= 0.3 is 0 Å². The van der Waals surface area contributed by atoms with Crippen molar-refractivity contribution >= 4 is 0 Å². The van der Waals surface area contributed by atoms with Crippen molar-refractivity contribution in [1.82, 2.24) is 0 Å². The molecule has 0 aliphatic rings. The summed E-state index contributed by atoms with van der Waals surface area (Å²) in [7, 11) is 1.76. The van der Waals surface area contributed by atoms with Crippen LogP contribution in [0.5, 0.6) is 5.75 Å². The quantitative estimate of drug-likeness (QED) is 0.716. The molecule has 1 rings (SSSR count). The van der Waals surface area contributed by atoms with Crippen molar-refractivity contribution in [2.24, 2.45) is 0 Å². The molecule has 0 aromatic heterocycles. The van der Waals surface area contributed by atoms with Crippen LogP contribution >= 0.6 is 0 Å². The summed E-state index contributed by atoms with van der Waals surface area (Å²) >= 11 is 0. The van der Waals surface area contributed by atoms with Gasteiger partial charge in [0.05, 0.1) is 7.11 Å². The minimum absolute atomic E-state index is 0.130. The minimum atomic E-state index is 0.130. The highest BCUT2D eigenvalue weighted by Gasteiger charge is 2.22.